The summed E-state index contributed by atoms with van der Waals surface area (Å²) in [6, 6.07) is 4.32. The van der Waals surface area contributed by atoms with Gasteiger partial charge in [-0.15, -0.1) is 0 Å². The molecule has 2 aliphatic carbocycles. The van der Waals surface area contributed by atoms with Crippen LogP contribution in [0.4, 0.5) is 5.69 Å². The number of ether oxygens (including phenoxy) is 1. The molecule has 0 aliphatic heterocycles. The molecule has 2 fully saturated rings. The Kier molecular flexibility index (Phi) is 3.73. The van der Waals surface area contributed by atoms with Gasteiger partial charge >= 0.3 is 0 Å². The standard InChI is InChI=1S/C17H23BrClNO/c1-16(2)10-5-6-17(16,3)14(7-10)20-13-9-11(19)8-12(18)15(13)21-4/h8-10,14,20H,5-7H2,1-4H3. The highest BCUT2D eigenvalue weighted by molar-refractivity contribution is 9.10. The van der Waals surface area contributed by atoms with Crippen LogP contribution in [0.5, 0.6) is 5.75 Å². The highest BCUT2D eigenvalue weighted by atomic mass is 79.9. The molecule has 0 amide bonds. The van der Waals surface area contributed by atoms with Crippen LogP contribution in [0.25, 0.3) is 0 Å². The molecule has 3 atom stereocenters. The van der Waals surface area contributed by atoms with Crippen molar-refractivity contribution in [1.82, 2.24) is 0 Å². The lowest BCUT2D eigenvalue weighted by molar-refractivity contribution is 0.142. The number of hydrogen-bond acceptors (Lipinski definition) is 2. The molecule has 1 N–H and O–H groups in total. The molecule has 3 unspecified atom stereocenters. The summed E-state index contributed by atoms with van der Waals surface area (Å²) >= 11 is 9.74. The predicted molar refractivity (Wildman–Crippen MR) is 92.3 cm³/mol. The number of hydrogen-bond donors (Lipinski definition) is 1. The van der Waals surface area contributed by atoms with Gasteiger partial charge in [0.15, 0.2) is 5.75 Å². The second-order valence-electron chi connectivity index (χ2n) is 7.28. The van der Waals surface area contributed by atoms with Crippen LogP contribution in [0, 0.1) is 16.7 Å². The maximum Gasteiger partial charge on any atom is 0.156 e. The van der Waals surface area contributed by atoms with Crippen molar-refractivity contribution in [3.63, 3.8) is 0 Å². The van der Waals surface area contributed by atoms with Gasteiger partial charge in [0.05, 0.1) is 17.3 Å². The van der Waals surface area contributed by atoms with E-state index in [1.165, 1.54) is 19.3 Å². The van der Waals surface area contributed by atoms with Crippen LogP contribution in [0.1, 0.15) is 40.0 Å². The normalized spacial score (nSPS) is 33.2. The number of anilines is 1. The van der Waals surface area contributed by atoms with Crippen LogP contribution in [0.15, 0.2) is 16.6 Å². The second kappa shape index (κ2) is 5.06. The summed E-state index contributed by atoms with van der Waals surface area (Å²) in [6.45, 7) is 7.29. The lowest BCUT2D eigenvalue weighted by Crippen LogP contribution is -2.40. The number of benzene rings is 1. The van der Waals surface area contributed by atoms with E-state index in [9.17, 15) is 0 Å². The quantitative estimate of drug-likeness (QED) is 0.730. The van der Waals surface area contributed by atoms with Crippen molar-refractivity contribution in [2.45, 2.75) is 46.1 Å². The third-order valence-corrected chi connectivity index (χ3v) is 7.14. The summed E-state index contributed by atoms with van der Waals surface area (Å²) in [6.07, 6.45) is 3.89. The van der Waals surface area contributed by atoms with Crippen molar-refractivity contribution in [1.29, 1.82) is 0 Å². The van der Waals surface area contributed by atoms with Crippen LogP contribution >= 0.6 is 27.5 Å². The summed E-state index contributed by atoms with van der Waals surface area (Å²) in [5, 5.41) is 4.45. The summed E-state index contributed by atoms with van der Waals surface area (Å²) in [4.78, 5) is 0. The smallest absolute Gasteiger partial charge is 0.156 e. The van der Waals surface area contributed by atoms with Gasteiger partial charge in [0.2, 0.25) is 0 Å². The largest absolute Gasteiger partial charge is 0.493 e. The van der Waals surface area contributed by atoms with Crippen LogP contribution in [0.2, 0.25) is 5.02 Å². The molecule has 2 nitrogen and oxygen atoms in total. The van der Waals surface area contributed by atoms with Crippen molar-refractivity contribution >= 4 is 33.2 Å². The number of methoxy groups -OCH3 is 1. The predicted octanol–water partition coefficient (Wildman–Crippen LogP) is 5.74. The third kappa shape index (κ3) is 2.19. The lowest BCUT2D eigenvalue weighted by Gasteiger charge is -2.40. The Bertz CT molecular complexity index is 574. The van der Waals surface area contributed by atoms with Gasteiger partial charge in [-0.2, -0.15) is 0 Å². The van der Waals surface area contributed by atoms with E-state index >= 15 is 0 Å². The minimum atomic E-state index is 0.331. The minimum absolute atomic E-state index is 0.331. The highest BCUT2D eigenvalue weighted by Gasteiger charge is 2.61. The molecule has 2 aliphatic rings. The first-order chi connectivity index (χ1) is 9.79. The van der Waals surface area contributed by atoms with Gasteiger partial charge in [0.25, 0.3) is 0 Å². The molecule has 1 aromatic rings. The van der Waals surface area contributed by atoms with E-state index in [1.54, 1.807) is 7.11 Å². The van der Waals surface area contributed by atoms with Crippen molar-refractivity contribution in [2.75, 3.05) is 12.4 Å². The molecule has 0 aromatic heterocycles. The topological polar surface area (TPSA) is 21.3 Å². The minimum Gasteiger partial charge on any atom is -0.493 e. The number of rotatable bonds is 3. The zero-order chi connectivity index (χ0) is 15.4. The molecule has 3 rings (SSSR count). The molecule has 2 bridgehead atoms. The Morgan fingerprint density at radius 2 is 2.05 bits per heavy atom. The molecule has 0 heterocycles. The Labute approximate surface area is 140 Å². The van der Waals surface area contributed by atoms with E-state index in [4.69, 9.17) is 16.3 Å². The number of fused-ring (bicyclic) bond motifs is 2. The molecular formula is C17H23BrClNO. The van der Waals surface area contributed by atoms with Crippen LogP contribution in [0.3, 0.4) is 0 Å². The molecule has 0 radical (unpaired) electrons. The molecule has 21 heavy (non-hydrogen) atoms. The maximum atomic E-state index is 6.21. The fourth-order valence-corrected chi connectivity index (χ4v) is 5.46. The van der Waals surface area contributed by atoms with Gasteiger partial charge in [-0.05, 0) is 64.1 Å². The summed E-state index contributed by atoms with van der Waals surface area (Å²) in [5.74, 6) is 1.65. The van der Waals surface area contributed by atoms with Gasteiger partial charge < -0.3 is 10.1 Å². The van der Waals surface area contributed by atoms with E-state index in [0.717, 1.165) is 26.9 Å². The second-order valence-corrected chi connectivity index (χ2v) is 8.57. The Morgan fingerprint density at radius 1 is 1.33 bits per heavy atom. The molecule has 116 valence electrons. The SMILES string of the molecule is COc1c(Br)cc(Cl)cc1NC1CC2CCC1(C)C2(C)C. The van der Waals surface area contributed by atoms with Crippen molar-refractivity contribution in [2.24, 2.45) is 16.7 Å². The monoisotopic (exact) mass is 371 g/mol. The van der Waals surface area contributed by atoms with E-state index in [0.29, 0.717) is 16.9 Å². The average molecular weight is 373 g/mol. The first-order valence-electron chi connectivity index (χ1n) is 7.59. The average Bonchev–Trinajstić information content (AvgIpc) is 2.71. The van der Waals surface area contributed by atoms with Gasteiger partial charge in [0, 0.05) is 11.1 Å². The molecule has 4 heteroatoms. The third-order valence-electron chi connectivity index (χ3n) is 6.34. The first-order valence-corrected chi connectivity index (χ1v) is 8.76. The van der Waals surface area contributed by atoms with E-state index in [-0.39, 0.29) is 0 Å². The molecular weight excluding hydrogens is 350 g/mol. The fraction of sp³-hybridized carbons (Fsp3) is 0.647. The lowest BCUT2D eigenvalue weighted by atomic mass is 9.69. The zero-order valence-electron chi connectivity index (χ0n) is 13.1. The summed E-state index contributed by atoms with van der Waals surface area (Å²) in [5.41, 5.74) is 1.72. The Morgan fingerprint density at radius 3 is 2.57 bits per heavy atom. The Balaban J connectivity index is 1.92. The summed E-state index contributed by atoms with van der Waals surface area (Å²) < 4.78 is 6.43. The van der Waals surface area contributed by atoms with E-state index in [2.05, 4.69) is 42.0 Å². The van der Waals surface area contributed by atoms with E-state index in [1.807, 2.05) is 12.1 Å². The summed E-state index contributed by atoms with van der Waals surface area (Å²) in [7, 11) is 1.70. The van der Waals surface area contributed by atoms with Crippen molar-refractivity contribution in [3.05, 3.63) is 21.6 Å². The fourth-order valence-electron chi connectivity index (χ4n) is 4.48. The molecule has 1 aromatic carbocycles. The van der Waals surface area contributed by atoms with Crippen LogP contribution in [-0.2, 0) is 0 Å². The van der Waals surface area contributed by atoms with Crippen LogP contribution in [-0.4, -0.2) is 13.2 Å². The van der Waals surface area contributed by atoms with Gasteiger partial charge in [0.1, 0.15) is 0 Å². The maximum absolute atomic E-state index is 6.21. The number of nitrogens with one attached hydrogen (secondary N) is 1. The van der Waals surface area contributed by atoms with Crippen molar-refractivity contribution < 1.29 is 4.74 Å². The van der Waals surface area contributed by atoms with Gasteiger partial charge in [-0.25, -0.2) is 0 Å². The van der Waals surface area contributed by atoms with Gasteiger partial charge in [-0.3, -0.25) is 0 Å². The first kappa shape index (κ1) is 15.5. The Hall–Kier alpha value is -0.410. The molecule has 2 saturated carbocycles. The molecule has 0 saturated heterocycles. The number of halogens is 2. The molecule has 0 spiro atoms. The zero-order valence-corrected chi connectivity index (χ0v) is 15.4. The van der Waals surface area contributed by atoms with E-state index < -0.39 is 0 Å². The van der Waals surface area contributed by atoms with Crippen molar-refractivity contribution in [3.8, 4) is 5.75 Å². The van der Waals surface area contributed by atoms with Gasteiger partial charge in [-0.1, -0.05) is 32.4 Å². The highest BCUT2D eigenvalue weighted by Crippen LogP contribution is 2.66. The van der Waals surface area contributed by atoms with Crippen LogP contribution < -0.4 is 10.1 Å².